The normalized spacial score (nSPS) is 12.3. The molecular formula is C13H18F5N2+. The van der Waals surface area contributed by atoms with Crippen LogP contribution in [0.25, 0.3) is 0 Å². The molecule has 1 rings (SSSR count). The van der Waals surface area contributed by atoms with Crippen molar-refractivity contribution < 1.29 is 26.4 Å². The Labute approximate surface area is 115 Å². The second-order valence-electron chi connectivity index (χ2n) is 5.67. The molecule has 0 bridgehead atoms. The van der Waals surface area contributed by atoms with Crippen molar-refractivity contribution in [1.29, 1.82) is 0 Å². The molecule has 1 aromatic rings. The minimum Gasteiger partial charge on any atom is -0.323 e. The van der Waals surface area contributed by atoms with Gasteiger partial charge in [-0.15, -0.1) is 0 Å². The number of hydrogen-bond donors (Lipinski definition) is 0. The van der Waals surface area contributed by atoms with E-state index in [4.69, 9.17) is 0 Å². The monoisotopic (exact) mass is 297 g/mol. The van der Waals surface area contributed by atoms with Crippen LogP contribution in [0, 0.1) is 29.1 Å². The summed E-state index contributed by atoms with van der Waals surface area (Å²) in [5, 5.41) is 0. The lowest BCUT2D eigenvalue weighted by molar-refractivity contribution is -0.903. The summed E-state index contributed by atoms with van der Waals surface area (Å²) >= 11 is 0. The number of rotatable bonds is 5. The molecular weight excluding hydrogens is 279 g/mol. The van der Waals surface area contributed by atoms with Crippen molar-refractivity contribution in [1.82, 2.24) is 4.90 Å². The van der Waals surface area contributed by atoms with Crippen LogP contribution in [0.1, 0.15) is 5.56 Å². The first-order valence-electron chi connectivity index (χ1n) is 6.04. The SMILES string of the molecule is CN(C)CC[N+](C)(C)Cc1c(F)c(F)c(F)c(F)c1F. The van der Waals surface area contributed by atoms with E-state index in [-0.39, 0.29) is 11.0 Å². The number of nitrogens with zero attached hydrogens (tertiary/aromatic N) is 2. The highest BCUT2D eigenvalue weighted by Crippen LogP contribution is 2.25. The molecule has 0 aliphatic heterocycles. The van der Waals surface area contributed by atoms with E-state index < -0.39 is 34.6 Å². The van der Waals surface area contributed by atoms with Crippen molar-refractivity contribution in [3.8, 4) is 0 Å². The maximum absolute atomic E-state index is 13.6. The lowest BCUT2D eigenvalue weighted by Crippen LogP contribution is -2.44. The number of quaternary nitrogens is 1. The summed E-state index contributed by atoms with van der Waals surface area (Å²) in [5.41, 5.74) is -0.773. The summed E-state index contributed by atoms with van der Waals surface area (Å²) in [6.45, 7) is 0.856. The summed E-state index contributed by atoms with van der Waals surface area (Å²) in [6, 6.07) is 0. The third-order valence-electron chi connectivity index (χ3n) is 3.04. The maximum atomic E-state index is 13.6. The Morgan fingerprint density at radius 3 is 1.60 bits per heavy atom. The van der Waals surface area contributed by atoms with Crippen LogP contribution in [0.2, 0.25) is 0 Å². The second kappa shape index (κ2) is 6.05. The predicted octanol–water partition coefficient (Wildman–Crippen LogP) is 2.52. The van der Waals surface area contributed by atoms with E-state index in [1.54, 1.807) is 14.1 Å². The van der Waals surface area contributed by atoms with Gasteiger partial charge < -0.3 is 9.38 Å². The van der Waals surface area contributed by atoms with Crippen molar-refractivity contribution in [3.05, 3.63) is 34.6 Å². The number of hydrogen-bond acceptors (Lipinski definition) is 1. The van der Waals surface area contributed by atoms with Gasteiger partial charge in [0.05, 0.1) is 26.2 Å². The Morgan fingerprint density at radius 1 is 0.800 bits per heavy atom. The summed E-state index contributed by atoms with van der Waals surface area (Å²) < 4.78 is 66.5. The molecule has 0 aliphatic carbocycles. The highest BCUT2D eigenvalue weighted by Gasteiger charge is 2.29. The van der Waals surface area contributed by atoms with Gasteiger partial charge in [0.25, 0.3) is 0 Å². The molecule has 0 heterocycles. The predicted molar refractivity (Wildman–Crippen MR) is 65.5 cm³/mol. The molecule has 0 fully saturated rings. The Kier molecular flexibility index (Phi) is 5.10. The van der Waals surface area contributed by atoms with Gasteiger partial charge >= 0.3 is 0 Å². The molecule has 0 unspecified atom stereocenters. The lowest BCUT2D eigenvalue weighted by Gasteiger charge is -2.31. The molecule has 0 amide bonds. The molecule has 2 nitrogen and oxygen atoms in total. The smallest absolute Gasteiger partial charge is 0.200 e. The van der Waals surface area contributed by atoms with Gasteiger partial charge in [-0.1, -0.05) is 0 Å². The summed E-state index contributed by atoms with van der Waals surface area (Å²) in [7, 11) is 7.00. The van der Waals surface area contributed by atoms with Crippen LogP contribution in [0.4, 0.5) is 22.0 Å². The molecule has 0 spiro atoms. The van der Waals surface area contributed by atoms with Crippen molar-refractivity contribution in [2.75, 3.05) is 41.3 Å². The first-order chi connectivity index (χ1) is 9.07. The van der Waals surface area contributed by atoms with Crippen molar-refractivity contribution >= 4 is 0 Å². The molecule has 0 radical (unpaired) electrons. The van der Waals surface area contributed by atoms with E-state index in [2.05, 4.69) is 0 Å². The quantitative estimate of drug-likeness (QED) is 0.349. The highest BCUT2D eigenvalue weighted by molar-refractivity contribution is 5.23. The van der Waals surface area contributed by atoms with Crippen LogP contribution >= 0.6 is 0 Å². The zero-order valence-electron chi connectivity index (χ0n) is 11.9. The van der Waals surface area contributed by atoms with Gasteiger partial charge in [-0.3, -0.25) is 0 Å². The minimum absolute atomic E-state index is 0.108. The highest BCUT2D eigenvalue weighted by atomic mass is 19.2. The molecule has 0 atom stereocenters. The average Bonchev–Trinajstić information content (AvgIpc) is 2.37. The number of halogens is 5. The van der Waals surface area contributed by atoms with Gasteiger partial charge in [-0.05, 0) is 14.1 Å². The summed E-state index contributed by atoms with van der Waals surface area (Å²) in [4.78, 5) is 1.87. The average molecular weight is 297 g/mol. The van der Waals surface area contributed by atoms with Crippen LogP contribution in [0.5, 0.6) is 0 Å². The van der Waals surface area contributed by atoms with E-state index in [9.17, 15) is 22.0 Å². The van der Waals surface area contributed by atoms with Crippen LogP contribution in [-0.4, -0.2) is 50.7 Å². The zero-order valence-corrected chi connectivity index (χ0v) is 11.9. The number of benzene rings is 1. The van der Waals surface area contributed by atoms with E-state index in [0.717, 1.165) is 0 Å². The first-order valence-corrected chi connectivity index (χ1v) is 6.04. The van der Waals surface area contributed by atoms with Crippen molar-refractivity contribution in [2.45, 2.75) is 6.54 Å². The van der Waals surface area contributed by atoms with Gasteiger partial charge in [-0.2, -0.15) is 0 Å². The van der Waals surface area contributed by atoms with E-state index in [1.807, 2.05) is 19.0 Å². The lowest BCUT2D eigenvalue weighted by atomic mass is 10.1. The van der Waals surface area contributed by atoms with Crippen LogP contribution in [0.15, 0.2) is 0 Å². The Bertz CT molecular complexity index is 471. The molecule has 0 saturated heterocycles. The molecule has 20 heavy (non-hydrogen) atoms. The third kappa shape index (κ3) is 3.67. The zero-order chi connectivity index (χ0) is 15.7. The molecule has 1 aromatic carbocycles. The molecule has 0 saturated carbocycles. The number of likely N-dealkylation sites (N-methyl/N-ethyl adjacent to an activating group) is 2. The Hall–Kier alpha value is -1.21. The van der Waals surface area contributed by atoms with Gasteiger partial charge in [0.15, 0.2) is 23.3 Å². The molecule has 7 heteroatoms. The van der Waals surface area contributed by atoms with Crippen LogP contribution in [0.3, 0.4) is 0 Å². The van der Waals surface area contributed by atoms with E-state index in [0.29, 0.717) is 13.1 Å². The van der Waals surface area contributed by atoms with E-state index >= 15 is 0 Å². The first kappa shape index (κ1) is 16.8. The van der Waals surface area contributed by atoms with Gasteiger partial charge in [0, 0.05) is 6.54 Å². The maximum Gasteiger partial charge on any atom is 0.200 e. The Balaban J connectivity index is 3.09. The fraction of sp³-hybridized carbons (Fsp3) is 0.538. The van der Waals surface area contributed by atoms with Crippen LogP contribution < -0.4 is 0 Å². The van der Waals surface area contributed by atoms with E-state index in [1.165, 1.54) is 0 Å². The Morgan fingerprint density at radius 2 is 1.20 bits per heavy atom. The fourth-order valence-electron chi connectivity index (χ4n) is 1.77. The van der Waals surface area contributed by atoms with Gasteiger partial charge in [-0.25, -0.2) is 22.0 Å². The standard InChI is InChI=1S/C13H18F5N2/c1-19(2)5-6-20(3,4)7-8-9(14)11(16)13(18)12(17)10(8)15/h5-7H2,1-4H3/q+1. The van der Waals surface area contributed by atoms with Crippen LogP contribution in [-0.2, 0) is 6.54 Å². The summed E-state index contributed by atoms with van der Waals surface area (Å²) in [5.74, 6) is -9.42. The topological polar surface area (TPSA) is 3.24 Å². The molecule has 0 aromatic heterocycles. The largest absolute Gasteiger partial charge is 0.323 e. The second-order valence-corrected chi connectivity index (χ2v) is 5.67. The summed E-state index contributed by atoms with van der Waals surface area (Å²) in [6.07, 6.45) is 0. The fourth-order valence-corrected chi connectivity index (χ4v) is 1.77. The van der Waals surface area contributed by atoms with Gasteiger partial charge in [0.2, 0.25) is 5.82 Å². The van der Waals surface area contributed by atoms with Gasteiger partial charge in [0.1, 0.15) is 6.54 Å². The molecule has 0 aliphatic rings. The minimum atomic E-state index is -2.12. The van der Waals surface area contributed by atoms with Crippen molar-refractivity contribution in [3.63, 3.8) is 0 Å². The molecule has 114 valence electrons. The third-order valence-corrected chi connectivity index (χ3v) is 3.04. The van der Waals surface area contributed by atoms with Crippen molar-refractivity contribution in [2.24, 2.45) is 0 Å². The molecule has 0 N–H and O–H groups in total.